The fourth-order valence-corrected chi connectivity index (χ4v) is 1.31. The number of carbonyl (C=O) groups is 1. The number of methoxy groups -OCH3 is 1. The highest BCUT2D eigenvalue weighted by molar-refractivity contribution is 5.68. The minimum Gasteiger partial charge on any atom is -0.497 e. The minimum absolute atomic E-state index is 0.218. The fourth-order valence-electron chi connectivity index (χ4n) is 1.31. The Balaban J connectivity index is 2.17. The zero-order valence-corrected chi connectivity index (χ0v) is 8.70. The molecule has 82 valence electrons. The van der Waals surface area contributed by atoms with Crippen molar-refractivity contribution < 1.29 is 9.53 Å². The molecule has 0 spiro atoms. The van der Waals surface area contributed by atoms with E-state index in [2.05, 4.69) is 15.5 Å². The van der Waals surface area contributed by atoms with Gasteiger partial charge in [-0.05, 0) is 28.1 Å². The first-order valence-corrected chi connectivity index (χ1v) is 4.68. The first kappa shape index (κ1) is 10.3. The van der Waals surface area contributed by atoms with Gasteiger partial charge < -0.3 is 4.74 Å². The summed E-state index contributed by atoms with van der Waals surface area (Å²) in [5, 5.41) is 10.7. The van der Waals surface area contributed by atoms with Crippen molar-refractivity contribution in [2.45, 2.75) is 6.54 Å². The van der Waals surface area contributed by atoms with Gasteiger partial charge in [0.25, 0.3) is 0 Å². The summed E-state index contributed by atoms with van der Waals surface area (Å²) >= 11 is 0. The summed E-state index contributed by atoms with van der Waals surface area (Å²) in [4.78, 5) is 10.6. The first-order valence-electron chi connectivity index (χ1n) is 4.68. The zero-order chi connectivity index (χ0) is 11.4. The second kappa shape index (κ2) is 4.52. The van der Waals surface area contributed by atoms with Gasteiger partial charge in [-0.25, -0.2) is 4.68 Å². The Labute approximate surface area is 91.8 Å². The molecule has 0 bridgehead atoms. The average Bonchev–Trinajstić information content (AvgIpc) is 2.77. The van der Waals surface area contributed by atoms with Gasteiger partial charge in [0.1, 0.15) is 5.75 Å². The molecule has 0 atom stereocenters. The Morgan fingerprint density at radius 3 is 2.75 bits per heavy atom. The molecule has 0 aliphatic rings. The van der Waals surface area contributed by atoms with Gasteiger partial charge in [-0.2, -0.15) is 0 Å². The highest BCUT2D eigenvalue weighted by atomic mass is 16.5. The second-order valence-corrected chi connectivity index (χ2v) is 3.16. The van der Waals surface area contributed by atoms with E-state index in [1.165, 1.54) is 4.68 Å². The SMILES string of the molecule is COc1ccc(Cn2nnnc2C=O)cc1. The lowest BCUT2D eigenvalue weighted by Crippen LogP contribution is -2.06. The molecule has 1 aromatic heterocycles. The lowest BCUT2D eigenvalue weighted by atomic mass is 10.2. The van der Waals surface area contributed by atoms with Crippen LogP contribution in [-0.2, 0) is 6.54 Å². The van der Waals surface area contributed by atoms with Crippen LogP contribution in [-0.4, -0.2) is 33.6 Å². The van der Waals surface area contributed by atoms with Crippen molar-refractivity contribution in [3.8, 4) is 5.75 Å². The number of ether oxygens (including phenoxy) is 1. The largest absolute Gasteiger partial charge is 0.497 e. The van der Waals surface area contributed by atoms with Crippen molar-refractivity contribution in [3.63, 3.8) is 0 Å². The van der Waals surface area contributed by atoms with Crippen LogP contribution in [0.2, 0.25) is 0 Å². The molecule has 0 fully saturated rings. The topological polar surface area (TPSA) is 69.9 Å². The van der Waals surface area contributed by atoms with Crippen molar-refractivity contribution in [1.82, 2.24) is 20.2 Å². The molecule has 1 aromatic carbocycles. The number of aromatic nitrogens is 4. The molecule has 0 unspecified atom stereocenters. The van der Waals surface area contributed by atoms with Crippen molar-refractivity contribution in [2.24, 2.45) is 0 Å². The average molecular weight is 218 g/mol. The van der Waals surface area contributed by atoms with E-state index in [-0.39, 0.29) is 5.82 Å². The molecule has 2 aromatic rings. The monoisotopic (exact) mass is 218 g/mol. The fraction of sp³-hybridized carbons (Fsp3) is 0.200. The molecule has 0 saturated heterocycles. The van der Waals surface area contributed by atoms with Crippen LogP contribution in [0.3, 0.4) is 0 Å². The standard InChI is InChI=1S/C10H10N4O2/c1-16-9-4-2-8(3-5-9)6-14-10(7-15)11-12-13-14/h2-5,7H,6H2,1H3. The number of hydrogen-bond donors (Lipinski definition) is 0. The zero-order valence-electron chi connectivity index (χ0n) is 8.70. The van der Waals surface area contributed by atoms with E-state index in [0.717, 1.165) is 11.3 Å². The van der Waals surface area contributed by atoms with Gasteiger partial charge in [-0.15, -0.1) is 5.10 Å². The Morgan fingerprint density at radius 2 is 2.12 bits per heavy atom. The third-order valence-electron chi connectivity index (χ3n) is 2.16. The van der Waals surface area contributed by atoms with Crippen LogP contribution in [0, 0.1) is 0 Å². The van der Waals surface area contributed by atoms with E-state index < -0.39 is 0 Å². The number of benzene rings is 1. The summed E-state index contributed by atoms with van der Waals surface area (Å²) in [5.74, 6) is 1.01. The van der Waals surface area contributed by atoms with Crippen molar-refractivity contribution in [2.75, 3.05) is 7.11 Å². The summed E-state index contributed by atoms with van der Waals surface area (Å²) in [5.41, 5.74) is 0.996. The number of aldehydes is 1. The van der Waals surface area contributed by atoms with Gasteiger partial charge >= 0.3 is 0 Å². The van der Waals surface area contributed by atoms with Gasteiger partial charge in [-0.1, -0.05) is 12.1 Å². The van der Waals surface area contributed by atoms with Crippen LogP contribution in [0.4, 0.5) is 0 Å². The maximum Gasteiger partial charge on any atom is 0.215 e. The maximum absolute atomic E-state index is 10.6. The van der Waals surface area contributed by atoms with Gasteiger partial charge in [0.15, 0.2) is 6.29 Å². The lowest BCUT2D eigenvalue weighted by molar-refractivity contribution is 0.111. The Kier molecular flexibility index (Phi) is 2.90. The normalized spacial score (nSPS) is 10.1. The van der Waals surface area contributed by atoms with Crippen LogP contribution >= 0.6 is 0 Å². The molecule has 0 aliphatic heterocycles. The summed E-state index contributed by atoms with van der Waals surface area (Å²) in [6, 6.07) is 7.49. The van der Waals surface area contributed by atoms with E-state index in [1.807, 2.05) is 24.3 Å². The smallest absolute Gasteiger partial charge is 0.215 e. The van der Waals surface area contributed by atoms with Gasteiger partial charge in [0, 0.05) is 0 Å². The maximum atomic E-state index is 10.6. The Morgan fingerprint density at radius 1 is 1.38 bits per heavy atom. The summed E-state index contributed by atoms with van der Waals surface area (Å²) < 4.78 is 6.49. The Hall–Kier alpha value is -2.24. The molecular weight excluding hydrogens is 208 g/mol. The minimum atomic E-state index is 0.218. The van der Waals surface area contributed by atoms with Crippen LogP contribution < -0.4 is 4.74 Å². The van der Waals surface area contributed by atoms with E-state index in [0.29, 0.717) is 12.8 Å². The lowest BCUT2D eigenvalue weighted by Gasteiger charge is -2.03. The Bertz CT molecular complexity index is 478. The predicted molar refractivity (Wildman–Crippen MR) is 55.3 cm³/mol. The number of tetrazole rings is 1. The van der Waals surface area contributed by atoms with Gasteiger partial charge in [0.2, 0.25) is 5.82 Å². The molecule has 6 nitrogen and oxygen atoms in total. The number of rotatable bonds is 4. The first-order chi connectivity index (χ1) is 7.83. The van der Waals surface area contributed by atoms with Crippen LogP contribution in [0.25, 0.3) is 0 Å². The van der Waals surface area contributed by atoms with E-state index in [4.69, 9.17) is 4.74 Å². The molecule has 0 aliphatic carbocycles. The molecule has 0 amide bonds. The van der Waals surface area contributed by atoms with E-state index in [9.17, 15) is 4.79 Å². The quantitative estimate of drug-likeness (QED) is 0.700. The van der Waals surface area contributed by atoms with Crippen molar-refractivity contribution >= 4 is 6.29 Å². The molecule has 0 saturated carbocycles. The third kappa shape index (κ3) is 2.05. The summed E-state index contributed by atoms with van der Waals surface area (Å²) in [6.07, 6.45) is 0.628. The third-order valence-corrected chi connectivity index (χ3v) is 2.16. The van der Waals surface area contributed by atoms with Crippen LogP contribution in [0.15, 0.2) is 24.3 Å². The summed E-state index contributed by atoms with van der Waals surface area (Å²) in [7, 11) is 1.61. The number of carbonyl (C=O) groups excluding carboxylic acids is 1. The predicted octanol–water partition coefficient (Wildman–Crippen LogP) is 0.542. The second-order valence-electron chi connectivity index (χ2n) is 3.16. The van der Waals surface area contributed by atoms with Gasteiger partial charge in [-0.3, -0.25) is 4.79 Å². The van der Waals surface area contributed by atoms with Crippen LogP contribution in [0.1, 0.15) is 16.2 Å². The number of hydrogen-bond acceptors (Lipinski definition) is 5. The van der Waals surface area contributed by atoms with Crippen molar-refractivity contribution in [3.05, 3.63) is 35.7 Å². The molecule has 1 heterocycles. The van der Waals surface area contributed by atoms with E-state index in [1.54, 1.807) is 7.11 Å². The molecule has 16 heavy (non-hydrogen) atoms. The molecule has 0 radical (unpaired) electrons. The number of nitrogens with zero attached hydrogens (tertiary/aromatic N) is 4. The molecule has 0 N–H and O–H groups in total. The van der Waals surface area contributed by atoms with Crippen LogP contribution in [0.5, 0.6) is 5.75 Å². The van der Waals surface area contributed by atoms with Gasteiger partial charge in [0.05, 0.1) is 13.7 Å². The van der Waals surface area contributed by atoms with Crippen molar-refractivity contribution in [1.29, 1.82) is 0 Å². The highest BCUT2D eigenvalue weighted by Crippen LogP contribution is 2.11. The highest BCUT2D eigenvalue weighted by Gasteiger charge is 2.04. The molecule has 2 rings (SSSR count). The molecular formula is C10H10N4O2. The summed E-state index contributed by atoms with van der Waals surface area (Å²) in [6.45, 7) is 0.463. The van der Waals surface area contributed by atoms with E-state index >= 15 is 0 Å². The molecule has 6 heteroatoms.